The van der Waals surface area contributed by atoms with E-state index in [9.17, 15) is 0 Å². The number of halogens is 1. The Balaban J connectivity index is 2.70. The van der Waals surface area contributed by atoms with Crippen molar-refractivity contribution in [1.29, 1.82) is 0 Å². The number of nitrogens with zero attached hydrogens (tertiary/aromatic N) is 4. The van der Waals surface area contributed by atoms with Gasteiger partial charge in [0.15, 0.2) is 5.82 Å². The number of hydrogen-bond acceptors (Lipinski definition) is 5. The van der Waals surface area contributed by atoms with Crippen molar-refractivity contribution < 1.29 is 9.47 Å². The van der Waals surface area contributed by atoms with Gasteiger partial charge in [-0.3, -0.25) is 0 Å². The zero-order valence-electron chi connectivity index (χ0n) is 9.64. The molecule has 6 nitrogen and oxygen atoms in total. The molecule has 2 rings (SSSR count). The number of aromatic nitrogens is 4. The van der Waals surface area contributed by atoms with Gasteiger partial charge in [-0.1, -0.05) is 11.6 Å². The summed E-state index contributed by atoms with van der Waals surface area (Å²) in [5, 5.41) is 11.8. The van der Waals surface area contributed by atoms with Crippen LogP contribution >= 0.6 is 11.6 Å². The van der Waals surface area contributed by atoms with Crippen LogP contribution in [0.5, 0.6) is 11.5 Å². The Morgan fingerprint density at radius 1 is 1.18 bits per heavy atom. The number of methoxy groups -OCH3 is 2. The normalized spacial score (nSPS) is 10.4. The van der Waals surface area contributed by atoms with E-state index in [1.807, 2.05) is 0 Å². The molecule has 0 aliphatic rings. The molecule has 0 saturated heterocycles. The molecule has 17 heavy (non-hydrogen) atoms. The van der Waals surface area contributed by atoms with Gasteiger partial charge in [0.05, 0.1) is 14.2 Å². The quantitative estimate of drug-likeness (QED) is 0.832. The molecule has 7 heteroatoms. The molecular weight excluding hydrogens is 244 g/mol. The van der Waals surface area contributed by atoms with Gasteiger partial charge in [0.1, 0.15) is 17.1 Å². The van der Waals surface area contributed by atoms with Crippen LogP contribution in [0.15, 0.2) is 12.1 Å². The Bertz CT molecular complexity index is 516. The lowest BCUT2D eigenvalue weighted by Crippen LogP contribution is -1.99. The summed E-state index contributed by atoms with van der Waals surface area (Å²) in [4.78, 5) is 0. The van der Waals surface area contributed by atoms with Gasteiger partial charge in [-0.15, -0.1) is 5.10 Å². The van der Waals surface area contributed by atoms with E-state index in [4.69, 9.17) is 21.1 Å². The summed E-state index contributed by atoms with van der Waals surface area (Å²) in [7, 11) is 4.85. The van der Waals surface area contributed by atoms with Gasteiger partial charge >= 0.3 is 0 Å². The van der Waals surface area contributed by atoms with Gasteiger partial charge in [-0.2, -0.15) is 0 Å². The highest BCUT2D eigenvalue weighted by Crippen LogP contribution is 2.39. The Morgan fingerprint density at radius 3 is 2.18 bits per heavy atom. The highest BCUT2D eigenvalue weighted by molar-refractivity contribution is 6.31. The van der Waals surface area contributed by atoms with Gasteiger partial charge in [-0.25, -0.2) is 4.68 Å². The first-order valence-electron chi connectivity index (χ1n) is 4.81. The zero-order chi connectivity index (χ0) is 12.4. The van der Waals surface area contributed by atoms with E-state index in [-0.39, 0.29) is 0 Å². The molecule has 0 N–H and O–H groups in total. The lowest BCUT2D eigenvalue weighted by Gasteiger charge is -2.12. The highest BCUT2D eigenvalue weighted by atomic mass is 35.5. The summed E-state index contributed by atoms with van der Waals surface area (Å²) < 4.78 is 12.1. The first-order chi connectivity index (χ1) is 8.17. The molecule has 1 aromatic heterocycles. The third-order valence-corrected chi connectivity index (χ3v) is 2.53. The van der Waals surface area contributed by atoms with Crippen LogP contribution in [0.1, 0.15) is 0 Å². The monoisotopic (exact) mass is 254 g/mol. The largest absolute Gasteiger partial charge is 0.496 e. The molecule has 0 saturated carbocycles. The average molecular weight is 255 g/mol. The molecule has 2 aromatic rings. The minimum atomic E-state index is 0.526. The summed E-state index contributed by atoms with van der Waals surface area (Å²) >= 11 is 5.96. The van der Waals surface area contributed by atoms with Crippen molar-refractivity contribution in [2.75, 3.05) is 14.2 Å². The first kappa shape index (κ1) is 11.7. The van der Waals surface area contributed by atoms with Gasteiger partial charge < -0.3 is 9.47 Å². The number of rotatable bonds is 3. The van der Waals surface area contributed by atoms with Gasteiger partial charge in [0, 0.05) is 12.1 Å². The Labute approximate surface area is 103 Å². The predicted molar refractivity (Wildman–Crippen MR) is 62.3 cm³/mol. The number of hydrogen-bond donors (Lipinski definition) is 0. The van der Waals surface area contributed by atoms with E-state index in [1.54, 1.807) is 33.4 Å². The van der Waals surface area contributed by atoms with Crippen LogP contribution in [0, 0.1) is 0 Å². The number of tetrazole rings is 1. The molecular formula is C10H11ClN4O2. The molecule has 0 aliphatic heterocycles. The number of aryl methyl sites for hydroxylation is 1. The van der Waals surface area contributed by atoms with E-state index in [1.165, 1.54) is 4.68 Å². The van der Waals surface area contributed by atoms with E-state index < -0.39 is 0 Å². The Kier molecular flexibility index (Phi) is 3.14. The average Bonchev–Trinajstić information content (AvgIpc) is 2.74. The molecule has 0 amide bonds. The molecule has 0 atom stereocenters. The standard InChI is InChI=1S/C10H11ClN4O2/c1-15-10(12-13-14-15)9-7(16-2)4-6(11)5-8(9)17-3/h4-5H,1-3H3. The van der Waals surface area contributed by atoms with Crippen LogP contribution in [0.3, 0.4) is 0 Å². The maximum Gasteiger partial charge on any atom is 0.189 e. The van der Waals surface area contributed by atoms with E-state index in [0.717, 1.165) is 0 Å². The topological polar surface area (TPSA) is 62.1 Å². The van der Waals surface area contributed by atoms with Crippen molar-refractivity contribution in [2.45, 2.75) is 0 Å². The number of ether oxygens (including phenoxy) is 2. The van der Waals surface area contributed by atoms with Gasteiger partial charge in [0.25, 0.3) is 0 Å². The van der Waals surface area contributed by atoms with Crippen LogP contribution in [-0.4, -0.2) is 34.4 Å². The van der Waals surface area contributed by atoms with Crippen molar-refractivity contribution in [3.8, 4) is 22.9 Å². The third-order valence-electron chi connectivity index (χ3n) is 2.31. The minimum Gasteiger partial charge on any atom is -0.496 e. The van der Waals surface area contributed by atoms with Crippen LogP contribution < -0.4 is 9.47 Å². The lowest BCUT2D eigenvalue weighted by atomic mass is 10.1. The second-order valence-electron chi connectivity index (χ2n) is 3.31. The molecule has 0 aliphatic carbocycles. The van der Waals surface area contributed by atoms with E-state index >= 15 is 0 Å². The second kappa shape index (κ2) is 4.58. The minimum absolute atomic E-state index is 0.526. The molecule has 0 unspecified atom stereocenters. The number of benzene rings is 1. The molecule has 1 heterocycles. The zero-order valence-corrected chi connectivity index (χ0v) is 10.4. The Morgan fingerprint density at radius 2 is 1.76 bits per heavy atom. The van der Waals surface area contributed by atoms with Crippen molar-refractivity contribution in [1.82, 2.24) is 20.2 Å². The summed E-state index contributed by atoms with van der Waals surface area (Å²) in [5.41, 5.74) is 0.673. The van der Waals surface area contributed by atoms with Crippen LogP contribution in [0.25, 0.3) is 11.4 Å². The predicted octanol–water partition coefficient (Wildman–Crippen LogP) is 1.55. The van der Waals surface area contributed by atoms with Gasteiger partial charge in [0.2, 0.25) is 0 Å². The van der Waals surface area contributed by atoms with Gasteiger partial charge in [-0.05, 0) is 22.6 Å². The molecule has 0 fully saturated rings. The fourth-order valence-electron chi connectivity index (χ4n) is 1.54. The first-order valence-corrected chi connectivity index (χ1v) is 5.19. The Hall–Kier alpha value is -1.82. The summed E-state index contributed by atoms with van der Waals surface area (Å²) in [6.45, 7) is 0. The summed E-state index contributed by atoms with van der Waals surface area (Å²) in [6, 6.07) is 3.38. The smallest absolute Gasteiger partial charge is 0.189 e. The van der Waals surface area contributed by atoms with Crippen molar-refractivity contribution in [3.05, 3.63) is 17.2 Å². The maximum atomic E-state index is 5.96. The van der Waals surface area contributed by atoms with Crippen LogP contribution in [0.4, 0.5) is 0 Å². The fraction of sp³-hybridized carbons (Fsp3) is 0.300. The van der Waals surface area contributed by atoms with Crippen molar-refractivity contribution >= 4 is 11.6 Å². The molecule has 0 spiro atoms. The van der Waals surface area contributed by atoms with E-state index in [2.05, 4.69) is 15.5 Å². The fourth-order valence-corrected chi connectivity index (χ4v) is 1.74. The third kappa shape index (κ3) is 2.03. The molecule has 0 bridgehead atoms. The summed E-state index contributed by atoms with van der Waals surface area (Å²) in [5.74, 6) is 1.68. The van der Waals surface area contributed by atoms with Crippen molar-refractivity contribution in [3.63, 3.8) is 0 Å². The molecule has 90 valence electrons. The van der Waals surface area contributed by atoms with Crippen LogP contribution in [-0.2, 0) is 7.05 Å². The highest BCUT2D eigenvalue weighted by Gasteiger charge is 2.18. The lowest BCUT2D eigenvalue weighted by molar-refractivity contribution is 0.396. The van der Waals surface area contributed by atoms with Crippen molar-refractivity contribution in [2.24, 2.45) is 7.05 Å². The molecule has 1 aromatic carbocycles. The SMILES string of the molecule is COc1cc(Cl)cc(OC)c1-c1nnnn1C. The van der Waals surface area contributed by atoms with E-state index in [0.29, 0.717) is 27.9 Å². The van der Waals surface area contributed by atoms with Crippen LogP contribution in [0.2, 0.25) is 5.02 Å². The summed E-state index contributed by atoms with van der Waals surface area (Å²) in [6.07, 6.45) is 0. The molecule has 0 radical (unpaired) electrons. The maximum absolute atomic E-state index is 5.96. The second-order valence-corrected chi connectivity index (χ2v) is 3.75.